The minimum atomic E-state index is -0.761. The molecule has 0 spiro atoms. The number of hydrogen-bond donors (Lipinski definition) is 1. The van der Waals surface area contributed by atoms with Gasteiger partial charge in [0, 0.05) is 22.6 Å². The maximum absolute atomic E-state index is 12.2. The molecule has 1 aromatic carbocycles. The van der Waals surface area contributed by atoms with Gasteiger partial charge in [-0.05, 0) is 24.9 Å². The van der Waals surface area contributed by atoms with Crippen molar-refractivity contribution in [2.24, 2.45) is 0 Å². The maximum atomic E-state index is 12.2. The molecule has 102 valence electrons. The third kappa shape index (κ3) is 4.21. The summed E-state index contributed by atoms with van der Waals surface area (Å²) in [6, 6.07) is 10.6. The largest absolute Gasteiger partial charge is 0.309 e. The monoisotopic (exact) mass is 267 g/mol. The second-order valence-corrected chi connectivity index (χ2v) is 6.40. The highest BCUT2D eigenvalue weighted by molar-refractivity contribution is 7.85. The van der Waals surface area contributed by atoms with Gasteiger partial charge in [-0.2, -0.15) is 0 Å². The second-order valence-electron chi connectivity index (χ2n) is 4.46. The minimum absolute atomic E-state index is 0.198. The third-order valence-corrected chi connectivity index (χ3v) is 5.02. The molecule has 0 aromatic heterocycles. The number of benzene rings is 1. The van der Waals surface area contributed by atoms with Crippen molar-refractivity contribution in [3.63, 3.8) is 0 Å². The molecule has 0 saturated heterocycles. The summed E-state index contributed by atoms with van der Waals surface area (Å²) < 4.78 is 12.2. The van der Waals surface area contributed by atoms with Crippen molar-refractivity contribution in [3.05, 3.63) is 35.9 Å². The van der Waals surface area contributed by atoms with Gasteiger partial charge in [-0.15, -0.1) is 0 Å². The summed E-state index contributed by atoms with van der Waals surface area (Å²) in [4.78, 5) is 0. The van der Waals surface area contributed by atoms with Crippen LogP contribution in [0.4, 0.5) is 0 Å². The van der Waals surface area contributed by atoms with Crippen molar-refractivity contribution < 1.29 is 4.21 Å². The zero-order valence-electron chi connectivity index (χ0n) is 11.7. The number of hydrogen-bond acceptors (Lipinski definition) is 2. The molecule has 0 saturated carbocycles. The van der Waals surface area contributed by atoms with E-state index in [1.807, 2.05) is 13.0 Å². The molecule has 0 aliphatic rings. The summed E-state index contributed by atoms with van der Waals surface area (Å²) in [6.07, 6.45) is 2.04. The molecule has 0 amide bonds. The Morgan fingerprint density at radius 3 is 2.33 bits per heavy atom. The fourth-order valence-corrected chi connectivity index (χ4v) is 3.57. The Kier molecular flexibility index (Phi) is 7.21. The molecule has 0 fully saturated rings. The quantitative estimate of drug-likeness (QED) is 0.783. The summed E-state index contributed by atoms with van der Waals surface area (Å²) in [5.41, 5.74) is 1.25. The molecule has 0 radical (unpaired) electrons. The van der Waals surface area contributed by atoms with Crippen LogP contribution in [0.3, 0.4) is 0 Å². The van der Waals surface area contributed by atoms with Gasteiger partial charge < -0.3 is 5.32 Å². The molecule has 1 rings (SSSR count). The predicted molar refractivity (Wildman–Crippen MR) is 80.2 cm³/mol. The molecular weight excluding hydrogens is 242 g/mol. The molecular formula is C15H25NOS. The lowest BCUT2D eigenvalue weighted by atomic mass is 10.0. The van der Waals surface area contributed by atoms with Gasteiger partial charge in [-0.3, -0.25) is 4.21 Å². The van der Waals surface area contributed by atoms with Gasteiger partial charge in [0.05, 0.1) is 5.25 Å². The van der Waals surface area contributed by atoms with E-state index in [2.05, 4.69) is 43.4 Å². The molecule has 3 unspecified atom stereocenters. The summed E-state index contributed by atoms with van der Waals surface area (Å²) >= 11 is 0. The number of nitrogens with one attached hydrogen (secondary N) is 1. The topological polar surface area (TPSA) is 29.1 Å². The van der Waals surface area contributed by atoms with Crippen molar-refractivity contribution in [2.75, 3.05) is 12.3 Å². The molecule has 0 aliphatic heterocycles. The first-order valence-corrected chi connectivity index (χ1v) is 8.28. The van der Waals surface area contributed by atoms with Crippen LogP contribution in [0.5, 0.6) is 0 Å². The van der Waals surface area contributed by atoms with Gasteiger partial charge >= 0.3 is 0 Å². The molecule has 18 heavy (non-hydrogen) atoms. The van der Waals surface area contributed by atoms with Crippen molar-refractivity contribution in [1.29, 1.82) is 0 Å². The van der Waals surface area contributed by atoms with Crippen LogP contribution >= 0.6 is 0 Å². The molecule has 0 heterocycles. The third-order valence-electron chi connectivity index (χ3n) is 3.17. The second kappa shape index (κ2) is 8.44. The van der Waals surface area contributed by atoms with Gasteiger partial charge in [0.25, 0.3) is 0 Å². The van der Waals surface area contributed by atoms with Crippen molar-refractivity contribution >= 4 is 10.8 Å². The first-order chi connectivity index (χ1) is 8.74. The first kappa shape index (κ1) is 15.4. The van der Waals surface area contributed by atoms with Gasteiger partial charge in [0.1, 0.15) is 0 Å². The SMILES string of the molecule is CCCNC(c1ccccc1)C(CC)S(=O)CC. The Morgan fingerprint density at radius 2 is 1.83 bits per heavy atom. The Bertz CT molecular complexity index is 353. The first-order valence-electron chi connectivity index (χ1n) is 6.90. The van der Waals surface area contributed by atoms with E-state index in [4.69, 9.17) is 0 Å². The molecule has 3 atom stereocenters. The van der Waals surface area contributed by atoms with Crippen LogP contribution < -0.4 is 5.32 Å². The van der Waals surface area contributed by atoms with Crippen LogP contribution in [0.2, 0.25) is 0 Å². The van der Waals surface area contributed by atoms with E-state index in [-0.39, 0.29) is 11.3 Å². The van der Waals surface area contributed by atoms with Crippen LogP contribution in [-0.2, 0) is 10.8 Å². The Labute approximate surface area is 114 Å². The van der Waals surface area contributed by atoms with E-state index < -0.39 is 10.8 Å². The smallest absolute Gasteiger partial charge is 0.0540 e. The summed E-state index contributed by atoms with van der Waals surface area (Å²) in [6.45, 7) is 7.26. The normalized spacial score (nSPS) is 16.2. The van der Waals surface area contributed by atoms with E-state index >= 15 is 0 Å². The Morgan fingerprint density at radius 1 is 1.17 bits per heavy atom. The predicted octanol–water partition coefficient (Wildman–Crippen LogP) is 3.27. The molecule has 2 nitrogen and oxygen atoms in total. The molecule has 1 aromatic rings. The van der Waals surface area contributed by atoms with Crippen LogP contribution in [0, 0.1) is 0 Å². The molecule has 0 aliphatic carbocycles. The molecule has 3 heteroatoms. The van der Waals surface area contributed by atoms with E-state index in [0.717, 1.165) is 25.1 Å². The van der Waals surface area contributed by atoms with Crippen LogP contribution in [0.1, 0.15) is 45.2 Å². The summed E-state index contributed by atoms with van der Waals surface area (Å²) in [5, 5.41) is 3.76. The summed E-state index contributed by atoms with van der Waals surface area (Å²) in [7, 11) is -0.761. The standard InChI is InChI=1S/C15H25NOS/c1-4-12-16-15(13-10-8-7-9-11-13)14(5-2)18(17)6-3/h7-11,14-16H,4-6,12H2,1-3H3. The van der Waals surface area contributed by atoms with Crippen molar-refractivity contribution in [3.8, 4) is 0 Å². The maximum Gasteiger partial charge on any atom is 0.0540 e. The van der Waals surface area contributed by atoms with E-state index in [1.165, 1.54) is 5.56 Å². The lowest BCUT2D eigenvalue weighted by molar-refractivity contribution is 0.495. The van der Waals surface area contributed by atoms with Crippen LogP contribution in [-0.4, -0.2) is 21.8 Å². The van der Waals surface area contributed by atoms with Crippen LogP contribution in [0.25, 0.3) is 0 Å². The molecule has 0 bridgehead atoms. The highest BCUT2D eigenvalue weighted by Gasteiger charge is 2.25. The van der Waals surface area contributed by atoms with Crippen molar-refractivity contribution in [1.82, 2.24) is 5.32 Å². The van der Waals surface area contributed by atoms with Gasteiger partial charge in [-0.25, -0.2) is 0 Å². The van der Waals surface area contributed by atoms with Gasteiger partial charge in [0.2, 0.25) is 0 Å². The van der Waals surface area contributed by atoms with E-state index in [0.29, 0.717) is 0 Å². The highest BCUT2D eigenvalue weighted by atomic mass is 32.2. The lowest BCUT2D eigenvalue weighted by Gasteiger charge is -2.27. The van der Waals surface area contributed by atoms with E-state index in [9.17, 15) is 4.21 Å². The van der Waals surface area contributed by atoms with E-state index in [1.54, 1.807) is 0 Å². The molecule has 1 N–H and O–H groups in total. The lowest BCUT2D eigenvalue weighted by Crippen LogP contribution is -2.35. The minimum Gasteiger partial charge on any atom is -0.309 e. The fourth-order valence-electron chi connectivity index (χ4n) is 2.21. The zero-order chi connectivity index (χ0) is 13.4. The Hall–Kier alpha value is -0.670. The van der Waals surface area contributed by atoms with Crippen LogP contribution in [0.15, 0.2) is 30.3 Å². The average Bonchev–Trinajstić information content (AvgIpc) is 2.43. The number of rotatable bonds is 8. The van der Waals surface area contributed by atoms with Gasteiger partial charge in [-0.1, -0.05) is 51.1 Å². The zero-order valence-corrected chi connectivity index (χ0v) is 12.5. The highest BCUT2D eigenvalue weighted by Crippen LogP contribution is 2.23. The summed E-state index contributed by atoms with van der Waals surface area (Å²) in [5.74, 6) is 0.732. The average molecular weight is 267 g/mol. The Balaban J connectivity index is 2.92. The van der Waals surface area contributed by atoms with Gasteiger partial charge in [0.15, 0.2) is 0 Å². The fraction of sp³-hybridized carbons (Fsp3) is 0.600. The van der Waals surface area contributed by atoms with Crippen molar-refractivity contribution in [2.45, 2.75) is 44.9 Å².